The molecule has 1 unspecified atom stereocenters. The van der Waals surface area contributed by atoms with Crippen LogP contribution in [0.4, 0.5) is 5.69 Å². The second kappa shape index (κ2) is 5.34. The maximum Gasteiger partial charge on any atom is 0.277 e. The number of hydrogen-bond acceptors (Lipinski definition) is 4. The minimum atomic E-state index is -0.0278. The highest BCUT2D eigenvalue weighted by atomic mass is 32.1. The maximum atomic E-state index is 12.7. The molecule has 0 aliphatic carbocycles. The number of fused-ring (bicyclic) bond motifs is 1. The molecule has 2 heterocycles. The topological polar surface area (TPSA) is 59.2 Å². The van der Waals surface area contributed by atoms with E-state index in [1.54, 1.807) is 5.38 Å². The largest absolute Gasteiger partial charge is 0.325 e. The second-order valence-electron chi connectivity index (χ2n) is 5.18. The number of hydrogen-bond donors (Lipinski definition) is 1. The van der Waals surface area contributed by atoms with Gasteiger partial charge in [-0.05, 0) is 24.0 Å². The Hall–Kier alpha value is -1.72. The number of amides is 1. The predicted molar refractivity (Wildman–Crippen MR) is 81.0 cm³/mol. The molecule has 0 saturated heterocycles. The van der Waals surface area contributed by atoms with Crippen molar-refractivity contribution in [2.24, 2.45) is 11.7 Å². The third kappa shape index (κ3) is 2.34. The van der Waals surface area contributed by atoms with Gasteiger partial charge in [-0.2, -0.15) is 0 Å². The zero-order valence-electron chi connectivity index (χ0n) is 11.4. The molecule has 20 heavy (non-hydrogen) atoms. The molecular weight excluding hydrogens is 270 g/mol. The highest BCUT2D eigenvalue weighted by Crippen LogP contribution is 2.30. The first kappa shape index (κ1) is 13.3. The summed E-state index contributed by atoms with van der Waals surface area (Å²) in [6.45, 7) is 3.29. The van der Waals surface area contributed by atoms with E-state index < -0.39 is 0 Å². The Balaban J connectivity index is 1.95. The van der Waals surface area contributed by atoms with Crippen LogP contribution < -0.4 is 10.6 Å². The molecule has 0 saturated carbocycles. The van der Waals surface area contributed by atoms with Crippen molar-refractivity contribution < 1.29 is 4.79 Å². The fraction of sp³-hybridized carbons (Fsp3) is 0.333. The summed E-state index contributed by atoms with van der Waals surface area (Å²) < 4.78 is 0. The first-order chi connectivity index (χ1) is 9.69. The van der Waals surface area contributed by atoms with Crippen molar-refractivity contribution in [3.8, 4) is 0 Å². The number of aromatic nitrogens is 1. The molecule has 1 aliphatic heterocycles. The zero-order valence-corrected chi connectivity index (χ0v) is 12.2. The summed E-state index contributed by atoms with van der Waals surface area (Å²) in [7, 11) is 0. The monoisotopic (exact) mass is 287 g/mol. The number of rotatable bonds is 2. The van der Waals surface area contributed by atoms with Gasteiger partial charge in [0.05, 0.1) is 0 Å². The lowest BCUT2D eigenvalue weighted by Gasteiger charge is -2.32. The highest BCUT2D eigenvalue weighted by molar-refractivity contribution is 7.09. The van der Waals surface area contributed by atoms with Crippen molar-refractivity contribution >= 4 is 22.9 Å². The van der Waals surface area contributed by atoms with Crippen molar-refractivity contribution in [1.29, 1.82) is 0 Å². The van der Waals surface area contributed by atoms with E-state index in [4.69, 9.17) is 5.73 Å². The number of nitrogens with two attached hydrogens (primary N) is 1. The van der Waals surface area contributed by atoms with E-state index in [2.05, 4.69) is 18.0 Å². The van der Waals surface area contributed by atoms with Crippen LogP contribution in [0.3, 0.4) is 0 Å². The van der Waals surface area contributed by atoms with Gasteiger partial charge in [-0.3, -0.25) is 4.79 Å². The summed E-state index contributed by atoms with van der Waals surface area (Å²) in [6.07, 6.45) is 1.02. The first-order valence-electron chi connectivity index (χ1n) is 6.73. The summed E-state index contributed by atoms with van der Waals surface area (Å²) in [5.74, 6) is 0.432. The summed E-state index contributed by atoms with van der Waals surface area (Å²) in [5, 5.41) is 2.60. The Morgan fingerprint density at radius 3 is 3.05 bits per heavy atom. The SMILES string of the molecule is CC1Cc2ccccc2N(C(=O)c2csc(CN)n2)C1. The standard InChI is InChI=1S/C15H17N3OS/c1-10-6-11-4-2-3-5-13(11)18(8-10)15(19)12-9-20-14(7-16)17-12/h2-5,9-10H,6-8,16H2,1H3. The molecule has 1 aromatic heterocycles. The fourth-order valence-electron chi connectivity index (χ4n) is 2.63. The fourth-order valence-corrected chi connectivity index (χ4v) is 3.28. The van der Waals surface area contributed by atoms with Crippen molar-refractivity contribution in [3.05, 3.63) is 45.9 Å². The Morgan fingerprint density at radius 2 is 2.30 bits per heavy atom. The number of thiazole rings is 1. The lowest BCUT2D eigenvalue weighted by atomic mass is 9.94. The van der Waals surface area contributed by atoms with Gasteiger partial charge in [-0.15, -0.1) is 11.3 Å². The summed E-state index contributed by atoms with van der Waals surface area (Å²) in [4.78, 5) is 18.8. The van der Waals surface area contributed by atoms with Gasteiger partial charge in [0.1, 0.15) is 10.7 Å². The van der Waals surface area contributed by atoms with E-state index in [0.717, 1.165) is 23.7 Å². The Morgan fingerprint density at radius 1 is 1.50 bits per heavy atom. The summed E-state index contributed by atoms with van der Waals surface area (Å²) >= 11 is 1.44. The number of carbonyl (C=O) groups is 1. The Kier molecular flexibility index (Phi) is 3.54. The van der Waals surface area contributed by atoms with Gasteiger partial charge < -0.3 is 10.6 Å². The Labute approximate surface area is 122 Å². The first-order valence-corrected chi connectivity index (χ1v) is 7.61. The minimum Gasteiger partial charge on any atom is -0.325 e. The van der Waals surface area contributed by atoms with Gasteiger partial charge in [0.25, 0.3) is 5.91 Å². The van der Waals surface area contributed by atoms with Crippen molar-refractivity contribution in [3.63, 3.8) is 0 Å². The van der Waals surface area contributed by atoms with Crippen LogP contribution >= 0.6 is 11.3 Å². The second-order valence-corrected chi connectivity index (χ2v) is 6.13. The molecule has 1 aromatic carbocycles. The van der Waals surface area contributed by atoms with Gasteiger partial charge in [0.15, 0.2) is 0 Å². The van der Waals surface area contributed by atoms with Crippen molar-refractivity contribution in [2.75, 3.05) is 11.4 Å². The van der Waals surface area contributed by atoms with E-state index >= 15 is 0 Å². The molecule has 1 atom stereocenters. The molecule has 0 fully saturated rings. The Bertz CT molecular complexity index is 638. The van der Waals surface area contributed by atoms with Gasteiger partial charge in [0.2, 0.25) is 0 Å². The molecule has 0 spiro atoms. The highest BCUT2D eigenvalue weighted by Gasteiger charge is 2.28. The average molecular weight is 287 g/mol. The van der Waals surface area contributed by atoms with Crippen LogP contribution in [0.15, 0.2) is 29.6 Å². The van der Waals surface area contributed by atoms with Crippen molar-refractivity contribution in [2.45, 2.75) is 19.9 Å². The van der Waals surface area contributed by atoms with Gasteiger partial charge >= 0.3 is 0 Å². The van der Waals surface area contributed by atoms with Crippen LogP contribution in [-0.2, 0) is 13.0 Å². The number of nitrogens with zero attached hydrogens (tertiary/aromatic N) is 2. The van der Waals surface area contributed by atoms with Crippen LogP contribution in [0.2, 0.25) is 0 Å². The molecule has 0 bridgehead atoms. The number of anilines is 1. The van der Waals surface area contributed by atoms with E-state index in [-0.39, 0.29) is 5.91 Å². The number of carbonyl (C=O) groups excluding carboxylic acids is 1. The smallest absolute Gasteiger partial charge is 0.277 e. The van der Waals surface area contributed by atoms with Crippen LogP contribution in [0.5, 0.6) is 0 Å². The van der Waals surface area contributed by atoms with E-state index in [1.807, 2.05) is 23.1 Å². The predicted octanol–water partition coefficient (Wildman–Crippen LogP) is 2.44. The normalized spacial score (nSPS) is 17.9. The van der Waals surface area contributed by atoms with Crippen LogP contribution in [-0.4, -0.2) is 17.4 Å². The molecule has 0 radical (unpaired) electrons. The van der Waals surface area contributed by atoms with Gasteiger partial charge in [-0.1, -0.05) is 25.1 Å². The molecule has 3 rings (SSSR count). The summed E-state index contributed by atoms with van der Waals surface area (Å²) in [5.41, 5.74) is 8.31. The lowest BCUT2D eigenvalue weighted by molar-refractivity contribution is 0.0976. The van der Waals surface area contributed by atoms with E-state index in [1.165, 1.54) is 16.9 Å². The molecule has 1 amide bonds. The average Bonchev–Trinajstić information content (AvgIpc) is 2.94. The number of benzene rings is 1. The molecular formula is C15H17N3OS. The third-order valence-corrected chi connectivity index (χ3v) is 4.41. The zero-order chi connectivity index (χ0) is 14.1. The quantitative estimate of drug-likeness (QED) is 0.923. The number of para-hydroxylation sites is 1. The van der Waals surface area contributed by atoms with Crippen LogP contribution in [0, 0.1) is 5.92 Å². The van der Waals surface area contributed by atoms with Crippen LogP contribution in [0.25, 0.3) is 0 Å². The molecule has 1 aliphatic rings. The molecule has 2 aromatic rings. The summed E-state index contributed by atoms with van der Waals surface area (Å²) in [6, 6.07) is 8.10. The van der Waals surface area contributed by atoms with E-state index in [0.29, 0.717) is 18.2 Å². The third-order valence-electron chi connectivity index (χ3n) is 3.54. The molecule has 4 nitrogen and oxygen atoms in total. The molecule has 2 N–H and O–H groups in total. The van der Waals surface area contributed by atoms with Crippen LogP contribution in [0.1, 0.15) is 28.0 Å². The lowest BCUT2D eigenvalue weighted by Crippen LogP contribution is -2.39. The van der Waals surface area contributed by atoms with Crippen molar-refractivity contribution in [1.82, 2.24) is 4.98 Å². The van der Waals surface area contributed by atoms with E-state index in [9.17, 15) is 4.79 Å². The molecule has 104 valence electrons. The minimum absolute atomic E-state index is 0.0278. The maximum absolute atomic E-state index is 12.7. The van der Waals surface area contributed by atoms with Gasteiger partial charge in [0, 0.05) is 24.2 Å². The molecule has 5 heteroatoms. The van der Waals surface area contributed by atoms with Gasteiger partial charge in [-0.25, -0.2) is 4.98 Å².